The van der Waals surface area contributed by atoms with E-state index in [9.17, 15) is 0 Å². The predicted molar refractivity (Wildman–Crippen MR) is 80.9 cm³/mol. The van der Waals surface area contributed by atoms with E-state index in [1.165, 1.54) is 5.56 Å². The van der Waals surface area contributed by atoms with E-state index >= 15 is 0 Å². The minimum Gasteiger partial charge on any atom is -0.494 e. The lowest BCUT2D eigenvalue weighted by Crippen LogP contribution is -2.17. The Morgan fingerprint density at radius 3 is 2.50 bits per heavy atom. The van der Waals surface area contributed by atoms with Gasteiger partial charge in [-0.15, -0.1) is 0 Å². The fourth-order valence-electron chi connectivity index (χ4n) is 2.02. The quantitative estimate of drug-likeness (QED) is 0.820. The summed E-state index contributed by atoms with van der Waals surface area (Å²) >= 11 is 0. The summed E-state index contributed by atoms with van der Waals surface area (Å²) in [5, 5.41) is 3.46. The molecule has 1 unspecified atom stereocenters. The van der Waals surface area contributed by atoms with Crippen LogP contribution in [0.15, 0.2) is 40.8 Å². The normalized spacial score (nSPS) is 12.3. The number of aryl methyl sites for hydroxylation is 1. The van der Waals surface area contributed by atoms with E-state index in [4.69, 9.17) is 9.15 Å². The van der Waals surface area contributed by atoms with Gasteiger partial charge in [-0.3, -0.25) is 0 Å². The molecule has 0 saturated carbocycles. The van der Waals surface area contributed by atoms with E-state index in [2.05, 4.69) is 31.3 Å². The molecule has 0 aliphatic carbocycles. The van der Waals surface area contributed by atoms with Gasteiger partial charge in [-0.1, -0.05) is 19.1 Å². The first-order chi connectivity index (χ1) is 9.69. The van der Waals surface area contributed by atoms with Crippen molar-refractivity contribution >= 4 is 0 Å². The summed E-state index contributed by atoms with van der Waals surface area (Å²) in [5.74, 6) is 2.86. The molecule has 0 amide bonds. The second kappa shape index (κ2) is 7.15. The monoisotopic (exact) mass is 273 g/mol. The van der Waals surface area contributed by atoms with Gasteiger partial charge in [-0.05, 0) is 50.1 Å². The first kappa shape index (κ1) is 14.7. The van der Waals surface area contributed by atoms with E-state index in [0.717, 1.165) is 36.8 Å². The molecule has 1 N–H and O–H groups in total. The maximum atomic E-state index is 5.59. The smallest absolute Gasteiger partial charge is 0.119 e. The second-order valence-corrected chi connectivity index (χ2v) is 5.03. The van der Waals surface area contributed by atoms with Crippen LogP contribution in [0, 0.1) is 6.92 Å². The Bertz CT molecular complexity index is 516. The molecular formula is C17H23NO2. The maximum absolute atomic E-state index is 5.59. The lowest BCUT2D eigenvalue weighted by atomic mass is 10.1. The van der Waals surface area contributed by atoms with Crippen LogP contribution in [-0.4, -0.2) is 6.61 Å². The summed E-state index contributed by atoms with van der Waals surface area (Å²) in [7, 11) is 0. The van der Waals surface area contributed by atoms with Gasteiger partial charge in [0.2, 0.25) is 0 Å². The molecule has 20 heavy (non-hydrogen) atoms. The Morgan fingerprint density at radius 1 is 1.15 bits per heavy atom. The topological polar surface area (TPSA) is 34.4 Å². The van der Waals surface area contributed by atoms with Gasteiger partial charge in [-0.2, -0.15) is 0 Å². The third-order valence-corrected chi connectivity index (χ3v) is 3.23. The van der Waals surface area contributed by atoms with Crippen molar-refractivity contribution in [1.82, 2.24) is 5.32 Å². The van der Waals surface area contributed by atoms with Crippen molar-refractivity contribution in [3.63, 3.8) is 0 Å². The largest absolute Gasteiger partial charge is 0.494 e. The number of nitrogens with one attached hydrogen (secondary N) is 1. The van der Waals surface area contributed by atoms with Crippen LogP contribution in [0.4, 0.5) is 0 Å². The minimum absolute atomic E-state index is 0.278. The Kier molecular flexibility index (Phi) is 5.24. The molecule has 1 aromatic carbocycles. The number of ether oxygens (including phenoxy) is 1. The van der Waals surface area contributed by atoms with Gasteiger partial charge in [0.1, 0.15) is 17.3 Å². The third kappa shape index (κ3) is 4.14. The van der Waals surface area contributed by atoms with Crippen LogP contribution >= 0.6 is 0 Å². The molecule has 0 bridgehead atoms. The summed E-state index contributed by atoms with van der Waals surface area (Å²) in [6.07, 6.45) is 1.03. The average molecular weight is 273 g/mol. The Labute approximate surface area is 121 Å². The van der Waals surface area contributed by atoms with E-state index < -0.39 is 0 Å². The molecule has 0 fully saturated rings. The number of benzene rings is 1. The molecule has 0 aliphatic rings. The molecular weight excluding hydrogens is 250 g/mol. The summed E-state index contributed by atoms with van der Waals surface area (Å²) < 4.78 is 11.1. The van der Waals surface area contributed by atoms with Crippen molar-refractivity contribution in [2.75, 3.05) is 6.61 Å². The average Bonchev–Trinajstić information content (AvgIpc) is 2.89. The molecule has 1 aromatic heterocycles. The summed E-state index contributed by atoms with van der Waals surface area (Å²) in [5.41, 5.74) is 1.25. The second-order valence-electron chi connectivity index (χ2n) is 5.03. The molecule has 0 radical (unpaired) electrons. The molecule has 108 valence electrons. The highest BCUT2D eigenvalue weighted by atomic mass is 16.5. The third-order valence-electron chi connectivity index (χ3n) is 3.23. The van der Waals surface area contributed by atoms with Crippen molar-refractivity contribution in [3.8, 4) is 5.75 Å². The summed E-state index contributed by atoms with van der Waals surface area (Å²) in [6, 6.07) is 12.5. The lowest BCUT2D eigenvalue weighted by molar-refractivity contribution is 0.317. The Morgan fingerprint density at radius 2 is 1.90 bits per heavy atom. The molecule has 1 atom stereocenters. The molecule has 0 saturated heterocycles. The van der Waals surface area contributed by atoms with Crippen molar-refractivity contribution in [3.05, 3.63) is 53.5 Å². The zero-order valence-corrected chi connectivity index (χ0v) is 12.5. The minimum atomic E-state index is 0.278. The lowest BCUT2D eigenvalue weighted by Gasteiger charge is -2.14. The van der Waals surface area contributed by atoms with E-state index in [-0.39, 0.29) is 6.04 Å². The van der Waals surface area contributed by atoms with Gasteiger partial charge in [0.25, 0.3) is 0 Å². The predicted octanol–water partition coefficient (Wildman–Crippen LogP) is 4.23. The highest BCUT2D eigenvalue weighted by Crippen LogP contribution is 2.18. The van der Waals surface area contributed by atoms with Gasteiger partial charge in [0.15, 0.2) is 0 Å². The highest BCUT2D eigenvalue weighted by Gasteiger charge is 2.06. The Balaban J connectivity index is 1.86. The SMILES string of the molecule is CCCOc1ccc(C(C)NCc2ccc(C)o2)cc1. The number of furan rings is 1. The molecule has 2 rings (SSSR count). The molecule has 3 heteroatoms. The van der Waals surface area contributed by atoms with Gasteiger partial charge in [0, 0.05) is 6.04 Å². The first-order valence-corrected chi connectivity index (χ1v) is 7.20. The van der Waals surface area contributed by atoms with Gasteiger partial charge in [0.05, 0.1) is 13.2 Å². The van der Waals surface area contributed by atoms with Crippen molar-refractivity contribution < 1.29 is 9.15 Å². The fourth-order valence-corrected chi connectivity index (χ4v) is 2.02. The van der Waals surface area contributed by atoms with Crippen LogP contribution in [0.5, 0.6) is 5.75 Å². The molecule has 0 aliphatic heterocycles. The summed E-state index contributed by atoms with van der Waals surface area (Å²) in [4.78, 5) is 0. The molecule has 3 nitrogen and oxygen atoms in total. The number of rotatable bonds is 7. The maximum Gasteiger partial charge on any atom is 0.119 e. The standard InChI is InChI=1S/C17H23NO2/c1-4-11-19-16-9-6-15(7-10-16)14(3)18-12-17-8-5-13(2)20-17/h5-10,14,18H,4,11-12H2,1-3H3. The fraction of sp³-hybridized carbons (Fsp3) is 0.412. The zero-order chi connectivity index (χ0) is 14.4. The van der Waals surface area contributed by atoms with E-state index in [0.29, 0.717) is 0 Å². The van der Waals surface area contributed by atoms with Crippen LogP contribution in [0.3, 0.4) is 0 Å². The van der Waals surface area contributed by atoms with Crippen molar-refractivity contribution in [2.45, 2.75) is 39.8 Å². The van der Waals surface area contributed by atoms with Crippen LogP contribution < -0.4 is 10.1 Å². The van der Waals surface area contributed by atoms with E-state index in [1.807, 2.05) is 31.2 Å². The van der Waals surface area contributed by atoms with Crippen molar-refractivity contribution in [1.29, 1.82) is 0 Å². The van der Waals surface area contributed by atoms with Gasteiger partial charge in [-0.25, -0.2) is 0 Å². The summed E-state index contributed by atoms with van der Waals surface area (Å²) in [6.45, 7) is 7.73. The van der Waals surface area contributed by atoms with E-state index in [1.54, 1.807) is 0 Å². The highest BCUT2D eigenvalue weighted by molar-refractivity contribution is 5.29. The Hall–Kier alpha value is -1.74. The van der Waals surface area contributed by atoms with Gasteiger partial charge < -0.3 is 14.5 Å². The van der Waals surface area contributed by atoms with Crippen molar-refractivity contribution in [2.24, 2.45) is 0 Å². The molecule has 0 spiro atoms. The first-order valence-electron chi connectivity index (χ1n) is 7.20. The zero-order valence-electron chi connectivity index (χ0n) is 12.5. The molecule has 2 aromatic rings. The molecule has 1 heterocycles. The van der Waals surface area contributed by atoms with Crippen LogP contribution in [0.25, 0.3) is 0 Å². The number of hydrogen-bond donors (Lipinski definition) is 1. The number of hydrogen-bond acceptors (Lipinski definition) is 3. The van der Waals surface area contributed by atoms with Crippen LogP contribution in [0.1, 0.15) is 43.4 Å². The van der Waals surface area contributed by atoms with Crippen LogP contribution in [0.2, 0.25) is 0 Å². The van der Waals surface area contributed by atoms with Crippen LogP contribution in [-0.2, 0) is 6.54 Å². The van der Waals surface area contributed by atoms with Gasteiger partial charge >= 0.3 is 0 Å².